The van der Waals surface area contributed by atoms with E-state index in [0.717, 1.165) is 12.8 Å². The van der Waals surface area contributed by atoms with Gasteiger partial charge in [-0.25, -0.2) is 4.39 Å². The lowest BCUT2D eigenvalue weighted by atomic mass is 10.1. The Kier molecular flexibility index (Phi) is 7.45. The minimum absolute atomic E-state index is 0.0102. The SMILES string of the molecule is CCCCCCC(C)Oc1ccc(C(N)=S)c(Br)c1F. The lowest BCUT2D eigenvalue weighted by Crippen LogP contribution is -2.14. The van der Waals surface area contributed by atoms with Crippen LogP contribution in [-0.4, -0.2) is 11.1 Å². The van der Waals surface area contributed by atoms with Crippen molar-refractivity contribution in [3.05, 3.63) is 28.0 Å². The molecular weight excluding hydrogens is 341 g/mol. The average molecular weight is 362 g/mol. The Hall–Kier alpha value is -0.680. The van der Waals surface area contributed by atoms with E-state index in [0.29, 0.717) is 5.56 Å². The molecule has 0 fully saturated rings. The van der Waals surface area contributed by atoms with Crippen LogP contribution in [0.15, 0.2) is 16.6 Å². The molecular formula is C15H21BrFNOS. The molecule has 2 nitrogen and oxygen atoms in total. The van der Waals surface area contributed by atoms with Crippen LogP contribution in [0.4, 0.5) is 4.39 Å². The summed E-state index contributed by atoms with van der Waals surface area (Å²) in [5, 5.41) is 0. The van der Waals surface area contributed by atoms with Gasteiger partial charge in [0.2, 0.25) is 0 Å². The molecule has 0 bridgehead atoms. The van der Waals surface area contributed by atoms with Crippen molar-refractivity contribution in [3.63, 3.8) is 0 Å². The summed E-state index contributed by atoms with van der Waals surface area (Å²) in [5.41, 5.74) is 6.01. The molecule has 1 rings (SSSR count). The van der Waals surface area contributed by atoms with E-state index >= 15 is 0 Å². The number of unbranched alkanes of at least 4 members (excludes halogenated alkanes) is 3. The number of hydrogen-bond acceptors (Lipinski definition) is 2. The average Bonchev–Trinajstić information content (AvgIpc) is 2.40. The molecule has 0 saturated heterocycles. The number of halogens is 2. The zero-order valence-electron chi connectivity index (χ0n) is 11.9. The fraction of sp³-hybridized carbons (Fsp3) is 0.533. The summed E-state index contributed by atoms with van der Waals surface area (Å²) in [6.07, 6.45) is 5.64. The highest BCUT2D eigenvalue weighted by molar-refractivity contribution is 9.10. The number of thiocarbonyl (C=S) groups is 1. The van der Waals surface area contributed by atoms with Gasteiger partial charge >= 0.3 is 0 Å². The van der Waals surface area contributed by atoms with Gasteiger partial charge in [-0.3, -0.25) is 0 Å². The van der Waals surface area contributed by atoms with E-state index in [-0.39, 0.29) is 21.3 Å². The van der Waals surface area contributed by atoms with Gasteiger partial charge in [0.05, 0.1) is 10.6 Å². The lowest BCUT2D eigenvalue weighted by Gasteiger charge is -2.16. The van der Waals surface area contributed by atoms with Crippen molar-refractivity contribution in [1.82, 2.24) is 0 Å². The molecule has 0 aliphatic rings. The highest BCUT2D eigenvalue weighted by atomic mass is 79.9. The van der Waals surface area contributed by atoms with Crippen molar-refractivity contribution in [2.75, 3.05) is 0 Å². The molecule has 1 unspecified atom stereocenters. The zero-order valence-corrected chi connectivity index (χ0v) is 14.3. The number of nitrogens with two attached hydrogens (primary N) is 1. The molecule has 0 aliphatic carbocycles. The molecule has 20 heavy (non-hydrogen) atoms. The van der Waals surface area contributed by atoms with Crippen molar-refractivity contribution in [1.29, 1.82) is 0 Å². The van der Waals surface area contributed by atoms with Crippen LogP contribution in [0.1, 0.15) is 51.5 Å². The zero-order chi connectivity index (χ0) is 15.1. The maximum Gasteiger partial charge on any atom is 0.179 e. The first-order valence-corrected chi connectivity index (χ1v) is 8.12. The minimum atomic E-state index is -0.448. The van der Waals surface area contributed by atoms with E-state index < -0.39 is 5.82 Å². The van der Waals surface area contributed by atoms with E-state index in [4.69, 9.17) is 22.7 Å². The van der Waals surface area contributed by atoms with Crippen LogP contribution in [-0.2, 0) is 0 Å². The third kappa shape index (κ3) is 5.02. The Morgan fingerprint density at radius 2 is 2.10 bits per heavy atom. The van der Waals surface area contributed by atoms with E-state index in [1.165, 1.54) is 19.3 Å². The maximum atomic E-state index is 14.1. The van der Waals surface area contributed by atoms with E-state index in [1.807, 2.05) is 6.92 Å². The second kappa shape index (κ2) is 8.57. The van der Waals surface area contributed by atoms with Crippen molar-refractivity contribution in [3.8, 4) is 5.75 Å². The molecule has 5 heteroatoms. The highest BCUT2D eigenvalue weighted by Crippen LogP contribution is 2.29. The minimum Gasteiger partial charge on any atom is -0.488 e. The lowest BCUT2D eigenvalue weighted by molar-refractivity contribution is 0.197. The quantitative estimate of drug-likeness (QED) is 0.524. The van der Waals surface area contributed by atoms with Crippen LogP contribution in [0, 0.1) is 5.82 Å². The third-order valence-electron chi connectivity index (χ3n) is 3.10. The molecule has 0 heterocycles. The van der Waals surface area contributed by atoms with Crippen LogP contribution >= 0.6 is 28.1 Å². The van der Waals surface area contributed by atoms with Gasteiger partial charge in [0, 0.05) is 5.56 Å². The summed E-state index contributed by atoms with van der Waals surface area (Å²) >= 11 is 8.03. The Balaban J connectivity index is 2.64. The topological polar surface area (TPSA) is 35.2 Å². The fourth-order valence-electron chi connectivity index (χ4n) is 1.95. The first kappa shape index (κ1) is 17.4. The van der Waals surface area contributed by atoms with Gasteiger partial charge in [-0.05, 0) is 47.8 Å². The Morgan fingerprint density at radius 1 is 1.40 bits per heavy atom. The van der Waals surface area contributed by atoms with Crippen molar-refractivity contribution >= 4 is 33.1 Å². The smallest absolute Gasteiger partial charge is 0.179 e. The van der Waals surface area contributed by atoms with Crippen LogP contribution in [0.3, 0.4) is 0 Å². The maximum absolute atomic E-state index is 14.1. The second-order valence-corrected chi connectivity index (χ2v) is 6.11. The molecule has 112 valence electrons. The van der Waals surface area contributed by atoms with Crippen LogP contribution in [0.25, 0.3) is 0 Å². The van der Waals surface area contributed by atoms with Gasteiger partial charge in [0.15, 0.2) is 11.6 Å². The first-order valence-electron chi connectivity index (χ1n) is 6.91. The summed E-state index contributed by atoms with van der Waals surface area (Å²) in [6, 6.07) is 3.26. The normalized spacial score (nSPS) is 12.2. The number of rotatable bonds is 8. The van der Waals surface area contributed by atoms with Gasteiger partial charge < -0.3 is 10.5 Å². The van der Waals surface area contributed by atoms with Crippen LogP contribution in [0.2, 0.25) is 0 Å². The molecule has 2 N–H and O–H groups in total. The Bertz CT molecular complexity index is 467. The van der Waals surface area contributed by atoms with E-state index in [2.05, 4.69) is 22.9 Å². The number of benzene rings is 1. The van der Waals surface area contributed by atoms with Gasteiger partial charge in [-0.2, -0.15) is 0 Å². The second-order valence-electron chi connectivity index (χ2n) is 4.88. The molecule has 1 atom stereocenters. The fourth-order valence-corrected chi connectivity index (χ4v) is 2.79. The first-order chi connectivity index (χ1) is 9.47. The van der Waals surface area contributed by atoms with E-state index in [1.54, 1.807) is 12.1 Å². The van der Waals surface area contributed by atoms with Crippen molar-refractivity contribution < 1.29 is 9.13 Å². The number of hydrogen-bond donors (Lipinski definition) is 1. The monoisotopic (exact) mass is 361 g/mol. The molecule has 0 saturated carbocycles. The Labute approximate surface area is 134 Å². The summed E-state index contributed by atoms with van der Waals surface area (Å²) < 4.78 is 20.1. The van der Waals surface area contributed by atoms with Crippen LogP contribution < -0.4 is 10.5 Å². The molecule has 0 spiro atoms. The van der Waals surface area contributed by atoms with E-state index in [9.17, 15) is 4.39 Å². The van der Waals surface area contributed by atoms with Gasteiger partial charge in [0.1, 0.15) is 4.99 Å². The predicted molar refractivity (Wildman–Crippen MR) is 88.8 cm³/mol. The predicted octanol–water partition coefficient (Wildman–Crippen LogP) is 4.96. The standard InChI is InChI=1S/C15H21BrFNOS/c1-3-4-5-6-7-10(2)19-12-9-8-11(15(18)20)13(16)14(12)17/h8-10H,3-7H2,1-2H3,(H2,18,20). The molecule has 0 aliphatic heterocycles. The van der Waals surface area contributed by atoms with Gasteiger partial charge in [-0.1, -0.05) is 38.4 Å². The van der Waals surface area contributed by atoms with Crippen molar-refractivity contribution in [2.45, 2.75) is 52.1 Å². The Morgan fingerprint density at radius 3 is 2.70 bits per heavy atom. The molecule has 0 aromatic heterocycles. The van der Waals surface area contributed by atoms with Gasteiger partial charge in [0.25, 0.3) is 0 Å². The molecule has 1 aromatic carbocycles. The number of ether oxygens (including phenoxy) is 1. The summed E-state index contributed by atoms with van der Waals surface area (Å²) in [5.74, 6) is -0.212. The van der Waals surface area contributed by atoms with Gasteiger partial charge in [-0.15, -0.1) is 0 Å². The largest absolute Gasteiger partial charge is 0.488 e. The summed E-state index contributed by atoms with van der Waals surface area (Å²) in [7, 11) is 0. The highest BCUT2D eigenvalue weighted by Gasteiger charge is 2.15. The van der Waals surface area contributed by atoms with Crippen LogP contribution in [0.5, 0.6) is 5.75 Å². The van der Waals surface area contributed by atoms with Crippen molar-refractivity contribution in [2.24, 2.45) is 5.73 Å². The third-order valence-corrected chi connectivity index (χ3v) is 4.10. The summed E-state index contributed by atoms with van der Waals surface area (Å²) in [4.78, 5) is 0.162. The molecule has 0 radical (unpaired) electrons. The molecule has 1 aromatic rings. The summed E-state index contributed by atoms with van der Waals surface area (Å²) in [6.45, 7) is 4.14. The molecule has 0 amide bonds.